The molecule has 0 spiro atoms. The Bertz CT molecular complexity index is 729. The number of carboxylic acids is 1. The summed E-state index contributed by atoms with van der Waals surface area (Å²) in [6.45, 7) is 5.19. The number of carbonyl (C=O) groups excluding carboxylic acids is 1. The summed E-state index contributed by atoms with van der Waals surface area (Å²) < 4.78 is 39.0. The van der Waals surface area contributed by atoms with E-state index in [-0.39, 0.29) is 5.69 Å². The summed E-state index contributed by atoms with van der Waals surface area (Å²) in [5, 5.41) is 16.3. The Balaban J connectivity index is 2.23. The molecule has 1 aromatic heterocycles. The third kappa shape index (κ3) is 4.62. The van der Waals surface area contributed by atoms with Gasteiger partial charge < -0.3 is 10.4 Å². The third-order valence-electron chi connectivity index (χ3n) is 5.51. The predicted molar refractivity (Wildman–Crippen MR) is 92.3 cm³/mol. The molecule has 1 heterocycles. The maximum Gasteiger partial charge on any atom is 0.408 e. The molecular weight excluding hydrogens is 363 g/mol. The smallest absolute Gasteiger partial charge is 0.408 e. The summed E-state index contributed by atoms with van der Waals surface area (Å²) in [6.07, 6.45) is -1.76. The van der Waals surface area contributed by atoms with Crippen molar-refractivity contribution in [3.05, 3.63) is 17.0 Å². The van der Waals surface area contributed by atoms with Crippen LogP contribution in [-0.2, 0) is 16.1 Å². The predicted octanol–water partition coefficient (Wildman–Crippen LogP) is 3.32. The summed E-state index contributed by atoms with van der Waals surface area (Å²) in [4.78, 5) is 24.4. The average molecular weight is 389 g/mol. The van der Waals surface area contributed by atoms with Gasteiger partial charge in [0.25, 0.3) is 0 Å². The molecule has 152 valence electrons. The molecule has 0 saturated heterocycles. The van der Waals surface area contributed by atoms with Crippen LogP contribution in [0.25, 0.3) is 0 Å². The van der Waals surface area contributed by atoms with Crippen LogP contribution < -0.4 is 5.32 Å². The van der Waals surface area contributed by atoms with Crippen molar-refractivity contribution in [2.75, 3.05) is 0 Å². The molecule has 0 aromatic carbocycles. The van der Waals surface area contributed by atoms with E-state index in [1.807, 2.05) is 0 Å². The lowest BCUT2D eigenvalue weighted by Gasteiger charge is -2.40. The fourth-order valence-corrected chi connectivity index (χ4v) is 4.06. The van der Waals surface area contributed by atoms with Crippen LogP contribution in [0.1, 0.15) is 62.4 Å². The van der Waals surface area contributed by atoms with E-state index in [1.165, 1.54) is 6.92 Å². The number of carbonyl (C=O) groups is 2. The molecule has 1 aromatic rings. The Hall–Kier alpha value is -2.06. The molecule has 0 bridgehead atoms. The second kappa shape index (κ2) is 7.52. The zero-order valence-electron chi connectivity index (χ0n) is 16.0. The van der Waals surface area contributed by atoms with Crippen LogP contribution in [0.3, 0.4) is 0 Å². The normalized spacial score (nSPS) is 24.5. The number of amides is 1. The Morgan fingerprint density at radius 2 is 2.00 bits per heavy atom. The lowest BCUT2D eigenvalue weighted by molar-refractivity contribution is -0.147. The molecule has 9 heteroatoms. The zero-order chi connectivity index (χ0) is 20.6. The molecule has 3 atom stereocenters. The Morgan fingerprint density at radius 3 is 2.56 bits per heavy atom. The van der Waals surface area contributed by atoms with Gasteiger partial charge in [0.05, 0.1) is 23.1 Å². The van der Waals surface area contributed by atoms with Gasteiger partial charge in [-0.2, -0.15) is 18.3 Å². The number of halogens is 3. The number of rotatable bonds is 5. The highest BCUT2D eigenvalue weighted by Gasteiger charge is 2.43. The van der Waals surface area contributed by atoms with Crippen LogP contribution in [0, 0.1) is 19.8 Å². The van der Waals surface area contributed by atoms with Gasteiger partial charge in [-0.05, 0) is 40.5 Å². The summed E-state index contributed by atoms with van der Waals surface area (Å²) >= 11 is 0. The van der Waals surface area contributed by atoms with Crippen LogP contribution in [0.15, 0.2) is 0 Å². The van der Waals surface area contributed by atoms with E-state index in [0.29, 0.717) is 24.1 Å². The molecule has 1 saturated carbocycles. The molecule has 1 aliphatic rings. The van der Waals surface area contributed by atoms with Gasteiger partial charge in [-0.1, -0.05) is 12.8 Å². The maximum absolute atomic E-state index is 12.8. The first-order valence-electron chi connectivity index (χ1n) is 9.01. The molecule has 0 radical (unpaired) electrons. The second-order valence-electron chi connectivity index (χ2n) is 7.62. The van der Waals surface area contributed by atoms with E-state index >= 15 is 0 Å². The Labute approximate surface area is 156 Å². The molecule has 2 N–H and O–H groups in total. The van der Waals surface area contributed by atoms with Crippen molar-refractivity contribution >= 4 is 11.9 Å². The van der Waals surface area contributed by atoms with Crippen LogP contribution in [0.4, 0.5) is 13.2 Å². The number of aryl methyl sites for hydroxylation is 1. The molecule has 1 fully saturated rings. The first-order valence-corrected chi connectivity index (χ1v) is 9.01. The fourth-order valence-electron chi connectivity index (χ4n) is 4.06. The number of alkyl halides is 3. The summed E-state index contributed by atoms with van der Waals surface area (Å²) in [5.74, 6) is -2.77. The van der Waals surface area contributed by atoms with Gasteiger partial charge in [0.15, 0.2) is 0 Å². The van der Waals surface area contributed by atoms with Crippen molar-refractivity contribution in [1.29, 1.82) is 0 Å². The molecule has 27 heavy (non-hydrogen) atoms. The minimum Gasteiger partial charge on any atom is -0.481 e. The standard InChI is InChI=1S/C18H26F3N3O3/c1-10(14-11(2)23-24(12(14)3)9-18(19,20)21)15(25)22-17(4)8-6-5-7-13(17)16(26)27/h10,13H,5-9H2,1-4H3,(H,22,25)(H,26,27). The number of nitrogens with one attached hydrogen (secondary N) is 1. The number of nitrogens with zero attached hydrogens (tertiary/aromatic N) is 2. The van der Waals surface area contributed by atoms with Crippen molar-refractivity contribution in [2.24, 2.45) is 5.92 Å². The van der Waals surface area contributed by atoms with Gasteiger partial charge >= 0.3 is 12.1 Å². The first kappa shape index (κ1) is 21.2. The highest BCUT2D eigenvalue weighted by atomic mass is 19.4. The molecule has 3 unspecified atom stereocenters. The van der Waals surface area contributed by atoms with E-state index in [1.54, 1.807) is 20.8 Å². The number of hydrogen-bond acceptors (Lipinski definition) is 3. The summed E-state index contributed by atoms with van der Waals surface area (Å²) in [5.41, 5.74) is 0.223. The molecule has 1 aliphatic carbocycles. The topological polar surface area (TPSA) is 84.2 Å². The van der Waals surface area contributed by atoms with Crippen molar-refractivity contribution in [2.45, 2.75) is 77.6 Å². The molecule has 6 nitrogen and oxygen atoms in total. The van der Waals surface area contributed by atoms with E-state index in [4.69, 9.17) is 0 Å². The molecule has 0 aliphatic heterocycles. The summed E-state index contributed by atoms with van der Waals surface area (Å²) in [6, 6.07) is 0. The van der Waals surface area contributed by atoms with E-state index in [9.17, 15) is 27.9 Å². The highest BCUT2D eigenvalue weighted by Crippen LogP contribution is 2.35. The molecule has 2 rings (SSSR count). The zero-order valence-corrected chi connectivity index (χ0v) is 16.0. The SMILES string of the molecule is Cc1nn(CC(F)(F)F)c(C)c1C(C)C(=O)NC1(C)CCCCC1C(=O)O. The number of hydrogen-bond donors (Lipinski definition) is 2. The maximum atomic E-state index is 12.8. The first-order chi connectivity index (χ1) is 12.4. The quantitative estimate of drug-likeness (QED) is 0.809. The van der Waals surface area contributed by atoms with E-state index in [2.05, 4.69) is 10.4 Å². The van der Waals surface area contributed by atoms with Gasteiger partial charge in [0, 0.05) is 11.3 Å². The van der Waals surface area contributed by atoms with Gasteiger partial charge in [0.2, 0.25) is 5.91 Å². The van der Waals surface area contributed by atoms with Gasteiger partial charge in [-0.3, -0.25) is 14.3 Å². The number of aromatic nitrogens is 2. The second-order valence-corrected chi connectivity index (χ2v) is 7.62. The van der Waals surface area contributed by atoms with Gasteiger partial charge in [0.1, 0.15) is 6.54 Å². The number of aliphatic carboxylic acids is 1. The van der Waals surface area contributed by atoms with E-state index in [0.717, 1.165) is 17.5 Å². The van der Waals surface area contributed by atoms with Gasteiger partial charge in [-0.15, -0.1) is 0 Å². The average Bonchev–Trinajstić information content (AvgIpc) is 2.78. The summed E-state index contributed by atoms with van der Waals surface area (Å²) in [7, 11) is 0. The lowest BCUT2D eigenvalue weighted by atomic mass is 9.73. The molecular formula is C18H26F3N3O3. The minimum atomic E-state index is -4.41. The van der Waals surface area contributed by atoms with Crippen LogP contribution in [0.2, 0.25) is 0 Å². The van der Waals surface area contributed by atoms with Crippen LogP contribution in [0.5, 0.6) is 0 Å². The fraction of sp³-hybridized carbons (Fsp3) is 0.722. The largest absolute Gasteiger partial charge is 0.481 e. The Kier molecular flexibility index (Phi) is 5.91. The van der Waals surface area contributed by atoms with Crippen LogP contribution in [-0.4, -0.2) is 38.5 Å². The lowest BCUT2D eigenvalue weighted by Crippen LogP contribution is -2.56. The van der Waals surface area contributed by atoms with Gasteiger partial charge in [-0.25, -0.2) is 0 Å². The van der Waals surface area contributed by atoms with Crippen molar-refractivity contribution in [1.82, 2.24) is 15.1 Å². The van der Waals surface area contributed by atoms with E-state index < -0.39 is 42.0 Å². The third-order valence-corrected chi connectivity index (χ3v) is 5.51. The van der Waals surface area contributed by atoms with Crippen LogP contribution >= 0.6 is 0 Å². The monoisotopic (exact) mass is 389 g/mol. The number of carboxylic acid groups (broad SMARTS) is 1. The van der Waals surface area contributed by atoms with Crippen molar-refractivity contribution < 1.29 is 27.9 Å². The van der Waals surface area contributed by atoms with Crippen molar-refractivity contribution in [3.63, 3.8) is 0 Å². The minimum absolute atomic E-state index is 0.288. The highest BCUT2D eigenvalue weighted by molar-refractivity contribution is 5.85. The molecule has 1 amide bonds. The Morgan fingerprint density at radius 1 is 1.37 bits per heavy atom. The van der Waals surface area contributed by atoms with Crippen molar-refractivity contribution in [3.8, 4) is 0 Å².